The fraction of sp³-hybridized carbons (Fsp3) is 0.190. The molecule has 148 valence electrons. The van der Waals surface area contributed by atoms with Crippen molar-refractivity contribution in [2.45, 2.75) is 13.5 Å². The van der Waals surface area contributed by atoms with Gasteiger partial charge in [0.15, 0.2) is 0 Å². The Bertz CT molecular complexity index is 1170. The first-order chi connectivity index (χ1) is 13.8. The number of rotatable bonds is 3. The standard InChI is InChI=1S/C21H20FN5O2/c1-10-18(21(29)27(2)3)26-19(25-10)14-7-6-12(15-9-24-20(28)17(14)15)13-5-4-11(23)8-16(13)22/h4-8H,9,23H2,1-3H3,(H,24,28)(H,25,26). The molecule has 8 heteroatoms. The number of nitrogens with one attached hydrogen (secondary N) is 2. The average molecular weight is 393 g/mol. The molecule has 0 radical (unpaired) electrons. The minimum Gasteiger partial charge on any atom is -0.399 e. The maximum Gasteiger partial charge on any atom is 0.273 e. The van der Waals surface area contributed by atoms with E-state index in [1.807, 2.05) is 0 Å². The Balaban J connectivity index is 1.88. The molecule has 2 heterocycles. The molecule has 0 atom stereocenters. The molecular weight excluding hydrogens is 373 g/mol. The number of nitrogens with zero attached hydrogens (tertiary/aromatic N) is 2. The summed E-state index contributed by atoms with van der Waals surface area (Å²) in [6.45, 7) is 2.04. The lowest BCUT2D eigenvalue weighted by molar-refractivity contribution is 0.0821. The number of nitrogens with two attached hydrogens (primary N) is 1. The van der Waals surface area contributed by atoms with Crippen molar-refractivity contribution < 1.29 is 14.0 Å². The zero-order chi connectivity index (χ0) is 20.9. The fourth-order valence-electron chi connectivity index (χ4n) is 3.56. The lowest BCUT2D eigenvalue weighted by Crippen LogP contribution is -2.22. The van der Waals surface area contributed by atoms with E-state index in [0.29, 0.717) is 50.7 Å². The number of halogens is 1. The van der Waals surface area contributed by atoms with E-state index < -0.39 is 5.82 Å². The summed E-state index contributed by atoms with van der Waals surface area (Å²) in [5, 5.41) is 2.80. The van der Waals surface area contributed by atoms with Gasteiger partial charge in [-0.3, -0.25) is 9.59 Å². The number of hydrogen-bond acceptors (Lipinski definition) is 4. The Hall–Kier alpha value is -3.68. The molecule has 1 aromatic heterocycles. The van der Waals surface area contributed by atoms with Crippen molar-refractivity contribution in [3.05, 3.63) is 58.7 Å². The molecule has 0 bridgehead atoms. The highest BCUT2D eigenvalue weighted by Gasteiger charge is 2.29. The van der Waals surface area contributed by atoms with Crippen LogP contribution in [0.4, 0.5) is 10.1 Å². The third kappa shape index (κ3) is 3.02. The Morgan fingerprint density at radius 2 is 1.86 bits per heavy atom. The van der Waals surface area contributed by atoms with Crippen LogP contribution < -0.4 is 11.1 Å². The van der Waals surface area contributed by atoms with Crippen LogP contribution in [0, 0.1) is 12.7 Å². The number of imidazole rings is 1. The zero-order valence-electron chi connectivity index (χ0n) is 16.3. The summed E-state index contributed by atoms with van der Waals surface area (Å²) in [5.74, 6) is -0.522. The quantitative estimate of drug-likeness (QED) is 0.595. The number of carbonyl (C=O) groups is 2. The van der Waals surface area contributed by atoms with Gasteiger partial charge in [0.1, 0.15) is 17.3 Å². The average Bonchev–Trinajstić information content (AvgIpc) is 3.24. The predicted molar refractivity (Wildman–Crippen MR) is 108 cm³/mol. The van der Waals surface area contributed by atoms with Gasteiger partial charge in [0, 0.05) is 43.1 Å². The number of fused-ring (bicyclic) bond motifs is 1. The Labute approximate surface area is 166 Å². The molecule has 0 aliphatic carbocycles. The van der Waals surface area contributed by atoms with E-state index in [9.17, 15) is 14.0 Å². The summed E-state index contributed by atoms with van der Waals surface area (Å²) in [6.07, 6.45) is 0. The minimum absolute atomic E-state index is 0.230. The molecule has 1 aliphatic rings. The summed E-state index contributed by atoms with van der Waals surface area (Å²) in [5.41, 5.74) is 9.56. The Morgan fingerprint density at radius 3 is 2.55 bits per heavy atom. The summed E-state index contributed by atoms with van der Waals surface area (Å²) in [7, 11) is 3.30. The zero-order valence-corrected chi connectivity index (χ0v) is 16.3. The molecule has 4 N–H and O–H groups in total. The van der Waals surface area contributed by atoms with Crippen LogP contribution in [0.25, 0.3) is 22.5 Å². The normalized spacial score (nSPS) is 12.6. The molecule has 0 saturated carbocycles. The van der Waals surface area contributed by atoms with Crippen LogP contribution in [0.15, 0.2) is 30.3 Å². The molecule has 3 aromatic rings. The Kier molecular flexibility index (Phi) is 4.34. The molecule has 7 nitrogen and oxygen atoms in total. The topological polar surface area (TPSA) is 104 Å². The highest BCUT2D eigenvalue weighted by Crippen LogP contribution is 2.36. The van der Waals surface area contributed by atoms with E-state index in [0.717, 1.165) is 0 Å². The van der Waals surface area contributed by atoms with Gasteiger partial charge >= 0.3 is 0 Å². The SMILES string of the molecule is Cc1[nH]c(-c2ccc(-c3ccc(N)cc3F)c3c2C(=O)NC3)nc1C(=O)N(C)C. The van der Waals surface area contributed by atoms with Crippen LogP contribution in [0.1, 0.15) is 32.1 Å². The summed E-state index contributed by atoms with van der Waals surface area (Å²) >= 11 is 0. The number of nitrogen functional groups attached to an aromatic ring is 1. The fourth-order valence-corrected chi connectivity index (χ4v) is 3.56. The van der Waals surface area contributed by atoms with E-state index in [-0.39, 0.29) is 18.4 Å². The van der Waals surface area contributed by atoms with Crippen LogP contribution in [0.5, 0.6) is 0 Å². The molecule has 2 amide bonds. The largest absolute Gasteiger partial charge is 0.399 e. The van der Waals surface area contributed by atoms with Crippen molar-refractivity contribution in [2.24, 2.45) is 0 Å². The summed E-state index contributed by atoms with van der Waals surface area (Å²) < 4.78 is 14.5. The first-order valence-electron chi connectivity index (χ1n) is 9.06. The predicted octanol–water partition coefficient (Wildman–Crippen LogP) is 2.72. The van der Waals surface area contributed by atoms with Crippen LogP contribution >= 0.6 is 0 Å². The number of anilines is 1. The maximum atomic E-state index is 14.5. The van der Waals surface area contributed by atoms with E-state index >= 15 is 0 Å². The summed E-state index contributed by atoms with van der Waals surface area (Å²) in [4.78, 5) is 33.9. The number of benzene rings is 2. The molecule has 1 aliphatic heterocycles. The van der Waals surface area contributed by atoms with Crippen LogP contribution in [-0.4, -0.2) is 40.8 Å². The number of amides is 2. The van der Waals surface area contributed by atoms with E-state index in [1.54, 1.807) is 45.3 Å². The number of aryl methyl sites for hydroxylation is 1. The van der Waals surface area contributed by atoms with Gasteiger partial charge in [-0.15, -0.1) is 0 Å². The van der Waals surface area contributed by atoms with E-state index in [2.05, 4.69) is 15.3 Å². The van der Waals surface area contributed by atoms with Gasteiger partial charge in [-0.25, -0.2) is 9.37 Å². The van der Waals surface area contributed by atoms with E-state index in [1.165, 1.54) is 11.0 Å². The van der Waals surface area contributed by atoms with Crippen molar-refractivity contribution in [1.29, 1.82) is 0 Å². The van der Waals surface area contributed by atoms with Crippen molar-refractivity contribution in [1.82, 2.24) is 20.2 Å². The second-order valence-electron chi connectivity index (χ2n) is 7.19. The van der Waals surface area contributed by atoms with Gasteiger partial charge in [-0.05, 0) is 42.3 Å². The molecule has 0 saturated heterocycles. The van der Waals surface area contributed by atoms with Gasteiger partial charge in [0.25, 0.3) is 11.8 Å². The van der Waals surface area contributed by atoms with Crippen molar-refractivity contribution >= 4 is 17.5 Å². The smallest absolute Gasteiger partial charge is 0.273 e. The monoisotopic (exact) mass is 393 g/mol. The second kappa shape index (κ2) is 6.73. The number of carbonyl (C=O) groups excluding carboxylic acids is 2. The van der Waals surface area contributed by atoms with Crippen molar-refractivity contribution in [2.75, 3.05) is 19.8 Å². The van der Waals surface area contributed by atoms with Crippen LogP contribution in [0.3, 0.4) is 0 Å². The van der Waals surface area contributed by atoms with Gasteiger partial charge in [0.2, 0.25) is 0 Å². The van der Waals surface area contributed by atoms with Gasteiger partial charge in [-0.2, -0.15) is 0 Å². The van der Waals surface area contributed by atoms with Crippen LogP contribution in [-0.2, 0) is 6.54 Å². The number of aromatic amines is 1. The molecular formula is C21H20FN5O2. The molecule has 2 aromatic carbocycles. The second-order valence-corrected chi connectivity index (χ2v) is 7.19. The van der Waals surface area contributed by atoms with E-state index in [4.69, 9.17) is 5.73 Å². The van der Waals surface area contributed by atoms with Gasteiger partial charge < -0.3 is 20.9 Å². The third-order valence-electron chi connectivity index (χ3n) is 5.00. The molecule has 0 unspecified atom stereocenters. The number of hydrogen-bond donors (Lipinski definition) is 3. The lowest BCUT2D eigenvalue weighted by Gasteiger charge is -2.12. The molecule has 0 fully saturated rings. The highest BCUT2D eigenvalue weighted by molar-refractivity contribution is 6.06. The lowest BCUT2D eigenvalue weighted by atomic mass is 9.92. The maximum absolute atomic E-state index is 14.5. The number of aromatic nitrogens is 2. The third-order valence-corrected chi connectivity index (χ3v) is 5.00. The number of H-pyrrole nitrogens is 1. The van der Waals surface area contributed by atoms with Crippen LogP contribution in [0.2, 0.25) is 0 Å². The first kappa shape index (κ1) is 18.7. The van der Waals surface area contributed by atoms with Crippen molar-refractivity contribution in [3.63, 3.8) is 0 Å². The summed E-state index contributed by atoms with van der Waals surface area (Å²) in [6, 6.07) is 7.96. The molecule has 4 rings (SSSR count). The molecule has 29 heavy (non-hydrogen) atoms. The minimum atomic E-state index is -0.452. The van der Waals surface area contributed by atoms with Gasteiger partial charge in [0.05, 0.1) is 5.56 Å². The van der Waals surface area contributed by atoms with Crippen molar-refractivity contribution in [3.8, 4) is 22.5 Å². The van der Waals surface area contributed by atoms with Gasteiger partial charge in [-0.1, -0.05) is 6.07 Å². The Morgan fingerprint density at radius 1 is 1.17 bits per heavy atom. The molecule has 0 spiro atoms. The first-order valence-corrected chi connectivity index (χ1v) is 9.06. The highest BCUT2D eigenvalue weighted by atomic mass is 19.1.